The van der Waals surface area contributed by atoms with Gasteiger partial charge >= 0.3 is 6.18 Å². The minimum Gasteiger partial charge on any atom is -0.381 e. The molecule has 7 nitrogen and oxygen atoms in total. The maximum atomic E-state index is 14.0. The summed E-state index contributed by atoms with van der Waals surface area (Å²) in [5.41, 5.74) is -0.643. The van der Waals surface area contributed by atoms with E-state index < -0.39 is 33.4 Å². The van der Waals surface area contributed by atoms with E-state index in [9.17, 15) is 31.2 Å². The van der Waals surface area contributed by atoms with Gasteiger partial charge in [-0.1, -0.05) is 18.2 Å². The SMILES string of the molecule is CC(=O)N1Cc2cc(S(C)(=O)=O)ccc2C1C(=O)Nc1ccc(C(C)(CC2COC2)C(F)(F)F)cc1. The molecule has 0 bridgehead atoms. The highest BCUT2D eigenvalue weighted by Gasteiger charge is 2.53. The van der Waals surface area contributed by atoms with Crippen LogP contribution in [0.15, 0.2) is 47.4 Å². The zero-order valence-corrected chi connectivity index (χ0v) is 20.9. The van der Waals surface area contributed by atoms with Crippen LogP contribution in [-0.4, -0.2) is 50.8 Å². The van der Waals surface area contributed by atoms with Gasteiger partial charge < -0.3 is 15.0 Å². The van der Waals surface area contributed by atoms with Gasteiger partial charge in [0.25, 0.3) is 5.91 Å². The fourth-order valence-electron chi connectivity index (χ4n) is 4.74. The molecule has 2 aliphatic rings. The van der Waals surface area contributed by atoms with Crippen molar-refractivity contribution >= 4 is 27.3 Å². The second-order valence-electron chi connectivity index (χ2n) is 9.69. The summed E-state index contributed by atoms with van der Waals surface area (Å²) in [4.78, 5) is 26.8. The summed E-state index contributed by atoms with van der Waals surface area (Å²) in [5, 5.41) is 2.68. The van der Waals surface area contributed by atoms with E-state index in [1.165, 1.54) is 61.2 Å². The van der Waals surface area contributed by atoms with E-state index in [0.717, 1.165) is 6.26 Å². The van der Waals surface area contributed by atoms with Gasteiger partial charge in [-0.05, 0) is 54.3 Å². The molecule has 2 heterocycles. The predicted molar refractivity (Wildman–Crippen MR) is 126 cm³/mol. The molecule has 2 amide bonds. The molecule has 36 heavy (non-hydrogen) atoms. The van der Waals surface area contributed by atoms with Crippen molar-refractivity contribution in [2.45, 2.75) is 49.3 Å². The van der Waals surface area contributed by atoms with Gasteiger partial charge in [0.1, 0.15) is 6.04 Å². The van der Waals surface area contributed by atoms with E-state index in [4.69, 9.17) is 4.74 Å². The molecule has 2 aromatic carbocycles. The summed E-state index contributed by atoms with van der Waals surface area (Å²) in [7, 11) is -3.47. The number of anilines is 1. The number of hydrogen-bond acceptors (Lipinski definition) is 5. The summed E-state index contributed by atoms with van der Waals surface area (Å²) in [6.07, 6.45) is -3.48. The summed E-state index contributed by atoms with van der Waals surface area (Å²) in [5.74, 6) is -1.09. The van der Waals surface area contributed by atoms with E-state index in [1.54, 1.807) is 0 Å². The van der Waals surface area contributed by atoms with Crippen LogP contribution in [0.2, 0.25) is 0 Å². The Morgan fingerprint density at radius 3 is 2.25 bits per heavy atom. The van der Waals surface area contributed by atoms with Gasteiger partial charge in [0, 0.05) is 31.3 Å². The van der Waals surface area contributed by atoms with Crippen LogP contribution >= 0.6 is 0 Å². The number of nitrogens with one attached hydrogen (secondary N) is 1. The van der Waals surface area contributed by atoms with Crippen molar-refractivity contribution < 1.29 is 35.9 Å². The number of rotatable bonds is 6. The highest BCUT2D eigenvalue weighted by Crippen LogP contribution is 2.46. The average molecular weight is 525 g/mol. The van der Waals surface area contributed by atoms with E-state index in [-0.39, 0.29) is 40.9 Å². The topological polar surface area (TPSA) is 92.8 Å². The number of halogens is 3. The van der Waals surface area contributed by atoms with Crippen molar-refractivity contribution in [3.63, 3.8) is 0 Å². The van der Waals surface area contributed by atoms with E-state index in [2.05, 4.69) is 5.32 Å². The third-order valence-corrected chi connectivity index (χ3v) is 8.07. The van der Waals surface area contributed by atoms with E-state index in [1.807, 2.05) is 0 Å². The normalized spacial score (nSPS) is 19.8. The first-order valence-electron chi connectivity index (χ1n) is 11.4. The molecule has 2 unspecified atom stereocenters. The zero-order chi connectivity index (χ0) is 26.5. The van der Waals surface area contributed by atoms with Crippen molar-refractivity contribution in [3.8, 4) is 0 Å². The van der Waals surface area contributed by atoms with Gasteiger partial charge in [-0.2, -0.15) is 13.2 Å². The Morgan fingerprint density at radius 1 is 1.11 bits per heavy atom. The lowest BCUT2D eigenvalue weighted by atomic mass is 9.74. The largest absolute Gasteiger partial charge is 0.398 e. The van der Waals surface area contributed by atoms with Crippen LogP contribution in [0.25, 0.3) is 0 Å². The molecule has 11 heteroatoms. The molecule has 1 fully saturated rings. The molecule has 2 aromatic rings. The standard InChI is InChI=1S/C25H27F3N2O5S/c1-15(31)30-12-17-10-20(36(3,33)34)8-9-21(17)22(30)23(32)29-19-6-4-18(5-7-19)24(2,25(26,27)28)11-16-13-35-14-16/h4-10,16,22H,11-14H2,1-3H3,(H,29,32). The van der Waals surface area contributed by atoms with Crippen LogP contribution in [0.3, 0.4) is 0 Å². The first-order chi connectivity index (χ1) is 16.7. The van der Waals surface area contributed by atoms with Crippen molar-refractivity contribution in [2.75, 3.05) is 24.8 Å². The molecule has 1 saturated heterocycles. The molecule has 0 radical (unpaired) electrons. The first kappa shape index (κ1) is 26.2. The van der Waals surface area contributed by atoms with Gasteiger partial charge in [-0.15, -0.1) is 0 Å². The summed E-state index contributed by atoms with van der Waals surface area (Å²) >= 11 is 0. The fourth-order valence-corrected chi connectivity index (χ4v) is 5.42. The number of fused-ring (bicyclic) bond motifs is 1. The summed E-state index contributed by atoms with van der Waals surface area (Å²) < 4.78 is 70.9. The van der Waals surface area contributed by atoms with Crippen LogP contribution < -0.4 is 5.32 Å². The monoisotopic (exact) mass is 524 g/mol. The third-order valence-electron chi connectivity index (χ3n) is 6.96. The number of hydrogen-bond donors (Lipinski definition) is 1. The molecular weight excluding hydrogens is 497 g/mol. The number of carbonyl (C=O) groups is 2. The summed E-state index contributed by atoms with van der Waals surface area (Å²) in [6.45, 7) is 3.16. The van der Waals surface area contributed by atoms with Crippen LogP contribution in [0.4, 0.5) is 18.9 Å². The minimum absolute atomic E-state index is 0.0693. The second-order valence-corrected chi connectivity index (χ2v) is 11.7. The third kappa shape index (κ3) is 4.86. The predicted octanol–water partition coefficient (Wildman–Crippen LogP) is 3.99. The first-order valence-corrected chi connectivity index (χ1v) is 13.3. The fraction of sp³-hybridized carbons (Fsp3) is 0.440. The highest BCUT2D eigenvalue weighted by atomic mass is 32.2. The van der Waals surface area contributed by atoms with Crippen molar-refractivity contribution in [1.82, 2.24) is 4.90 Å². The molecule has 1 N–H and O–H groups in total. The molecule has 0 saturated carbocycles. The molecule has 0 spiro atoms. The number of amides is 2. The van der Waals surface area contributed by atoms with Crippen LogP contribution in [-0.2, 0) is 36.1 Å². The summed E-state index contributed by atoms with van der Waals surface area (Å²) in [6, 6.07) is 8.89. The van der Waals surface area contributed by atoms with E-state index >= 15 is 0 Å². The van der Waals surface area contributed by atoms with Crippen molar-refractivity contribution in [1.29, 1.82) is 0 Å². The van der Waals surface area contributed by atoms with Gasteiger partial charge in [0.05, 0.1) is 23.5 Å². The number of carbonyl (C=O) groups excluding carboxylic acids is 2. The number of sulfone groups is 1. The number of alkyl halides is 3. The molecule has 2 atom stereocenters. The maximum absolute atomic E-state index is 14.0. The van der Waals surface area contributed by atoms with Gasteiger partial charge in [-0.3, -0.25) is 9.59 Å². The maximum Gasteiger partial charge on any atom is 0.398 e. The minimum atomic E-state index is -4.46. The van der Waals surface area contributed by atoms with Crippen molar-refractivity contribution in [3.05, 3.63) is 59.2 Å². The lowest BCUT2D eigenvalue weighted by molar-refractivity contribution is -0.198. The number of benzene rings is 2. The van der Waals surface area contributed by atoms with Gasteiger partial charge in [0.2, 0.25) is 5.91 Å². The lowest BCUT2D eigenvalue weighted by Crippen LogP contribution is -2.44. The quantitative estimate of drug-likeness (QED) is 0.617. The number of ether oxygens (including phenoxy) is 1. The smallest absolute Gasteiger partial charge is 0.381 e. The average Bonchev–Trinajstić information content (AvgIpc) is 3.14. The Morgan fingerprint density at radius 2 is 1.75 bits per heavy atom. The lowest BCUT2D eigenvalue weighted by Gasteiger charge is -2.38. The Bertz CT molecular complexity index is 1290. The van der Waals surface area contributed by atoms with Crippen LogP contribution in [0.5, 0.6) is 0 Å². The molecule has 2 aliphatic heterocycles. The van der Waals surface area contributed by atoms with Crippen LogP contribution in [0.1, 0.15) is 43.0 Å². The highest BCUT2D eigenvalue weighted by molar-refractivity contribution is 7.90. The Kier molecular flexibility index (Phi) is 6.67. The second kappa shape index (κ2) is 9.19. The Labute approximate surface area is 207 Å². The molecular formula is C25H27F3N2O5S. The molecule has 194 valence electrons. The van der Waals surface area contributed by atoms with E-state index in [0.29, 0.717) is 24.3 Å². The molecule has 0 aliphatic carbocycles. The van der Waals surface area contributed by atoms with Gasteiger partial charge in [-0.25, -0.2) is 8.42 Å². The Hall–Kier alpha value is -2.92. The van der Waals surface area contributed by atoms with Gasteiger partial charge in [0.15, 0.2) is 9.84 Å². The Balaban J connectivity index is 1.57. The molecule has 4 rings (SSSR count). The van der Waals surface area contributed by atoms with Crippen molar-refractivity contribution in [2.24, 2.45) is 5.92 Å². The van der Waals surface area contributed by atoms with Crippen LogP contribution in [0, 0.1) is 5.92 Å². The zero-order valence-electron chi connectivity index (χ0n) is 20.1. The molecule has 0 aromatic heterocycles. The number of nitrogens with zero attached hydrogens (tertiary/aromatic N) is 1.